The third-order valence-corrected chi connectivity index (χ3v) is 12.7. The zero-order valence-electron chi connectivity index (χ0n) is 34.0. The quantitative estimate of drug-likeness (QED) is 0.163. The van der Waals surface area contributed by atoms with Crippen molar-refractivity contribution in [1.29, 1.82) is 0 Å². The summed E-state index contributed by atoms with van der Waals surface area (Å²) in [5.74, 6) is 1.92. The molecule has 0 spiro atoms. The van der Waals surface area contributed by atoms with Gasteiger partial charge < -0.3 is 4.42 Å². The summed E-state index contributed by atoms with van der Waals surface area (Å²) in [5.41, 5.74) is 9.31. The molecule has 0 unspecified atom stereocenters. The van der Waals surface area contributed by atoms with Gasteiger partial charge in [0.2, 0.25) is 0 Å². The average Bonchev–Trinajstić information content (AvgIpc) is 3.75. The van der Waals surface area contributed by atoms with Crippen LogP contribution in [0.25, 0.3) is 132 Å². The van der Waals surface area contributed by atoms with Crippen molar-refractivity contribution in [1.82, 2.24) is 15.0 Å². The Balaban J connectivity index is 0.980. The van der Waals surface area contributed by atoms with E-state index in [0.717, 1.165) is 55.0 Å². The minimum Gasteiger partial charge on any atom is -0.456 e. The molecule has 11 aromatic carbocycles. The van der Waals surface area contributed by atoms with E-state index >= 15 is 0 Å². The number of benzene rings is 11. The molecule has 2 heterocycles. The summed E-state index contributed by atoms with van der Waals surface area (Å²) < 4.78 is 6.36. The normalized spacial score (nSPS) is 11.8. The molecule has 4 nitrogen and oxygen atoms in total. The standard InChI is InChI=1S/C59H35N3O/c1-2-15-37(16-3-1)57-60-58(62-59(61-57)53-33-39-17-4-5-18-40(39)41-19-6-11-24-46(41)53)38-31-29-36(30-32-38)49-34-51-45-23-10-9-22-44(45)50(35-52(51)43-21-8-7-20-42(43)49)47-26-14-28-55-56(47)48-25-12-13-27-54(48)63-55/h1-35H. The van der Waals surface area contributed by atoms with Crippen molar-refractivity contribution in [3.05, 3.63) is 212 Å². The van der Waals surface area contributed by atoms with Crippen molar-refractivity contribution in [3.63, 3.8) is 0 Å². The number of aromatic nitrogens is 3. The second-order valence-electron chi connectivity index (χ2n) is 16.3. The predicted octanol–water partition coefficient (Wildman–Crippen LogP) is 15.9. The van der Waals surface area contributed by atoms with Gasteiger partial charge in [-0.15, -0.1) is 0 Å². The molecular weight excluding hydrogens is 767 g/mol. The van der Waals surface area contributed by atoms with Gasteiger partial charge in [0.15, 0.2) is 17.5 Å². The van der Waals surface area contributed by atoms with E-state index in [2.05, 4.69) is 188 Å². The molecule has 0 aliphatic carbocycles. The first-order chi connectivity index (χ1) is 31.2. The summed E-state index contributed by atoms with van der Waals surface area (Å²) in [6.07, 6.45) is 0. The maximum atomic E-state index is 6.36. The van der Waals surface area contributed by atoms with Crippen molar-refractivity contribution in [2.75, 3.05) is 0 Å². The van der Waals surface area contributed by atoms with E-state index in [1.54, 1.807) is 0 Å². The molecule has 0 saturated carbocycles. The first-order valence-electron chi connectivity index (χ1n) is 21.3. The lowest BCUT2D eigenvalue weighted by Gasteiger charge is -2.16. The summed E-state index contributed by atoms with van der Waals surface area (Å²) in [5, 5.41) is 14.2. The fourth-order valence-corrected chi connectivity index (χ4v) is 9.79. The molecule has 0 aliphatic rings. The van der Waals surface area contributed by atoms with Crippen molar-refractivity contribution >= 4 is 75.8 Å². The summed E-state index contributed by atoms with van der Waals surface area (Å²) >= 11 is 0. The largest absolute Gasteiger partial charge is 0.456 e. The van der Waals surface area contributed by atoms with Crippen LogP contribution in [0.5, 0.6) is 0 Å². The molecule has 0 aliphatic heterocycles. The van der Waals surface area contributed by atoms with Crippen molar-refractivity contribution in [2.45, 2.75) is 0 Å². The number of hydrogen-bond donors (Lipinski definition) is 0. The van der Waals surface area contributed by atoms with Crippen LogP contribution in [0, 0.1) is 0 Å². The van der Waals surface area contributed by atoms with Gasteiger partial charge in [0.25, 0.3) is 0 Å². The van der Waals surface area contributed by atoms with Gasteiger partial charge in [-0.2, -0.15) is 0 Å². The van der Waals surface area contributed by atoms with Crippen LogP contribution in [0.15, 0.2) is 217 Å². The Kier molecular flexibility index (Phi) is 7.87. The van der Waals surface area contributed by atoms with Crippen molar-refractivity contribution < 1.29 is 4.42 Å². The predicted molar refractivity (Wildman–Crippen MR) is 262 cm³/mol. The lowest BCUT2D eigenvalue weighted by atomic mass is 9.87. The lowest BCUT2D eigenvalue weighted by molar-refractivity contribution is 0.669. The number of fused-ring (bicyclic) bond motifs is 11. The van der Waals surface area contributed by atoms with E-state index < -0.39 is 0 Å². The van der Waals surface area contributed by atoms with Gasteiger partial charge in [0.1, 0.15) is 11.2 Å². The van der Waals surface area contributed by atoms with Crippen LogP contribution in [0.1, 0.15) is 0 Å². The number of rotatable bonds is 5. The SMILES string of the molecule is c1ccc(-c2nc(-c3ccc(-c4cc5c6ccccc6c(-c6cccc7oc8ccccc8c67)cc5c5ccccc45)cc3)nc(-c3cc4ccccc4c4ccccc34)n2)cc1. The highest BCUT2D eigenvalue weighted by atomic mass is 16.3. The van der Waals surface area contributed by atoms with Gasteiger partial charge in [-0.1, -0.05) is 182 Å². The second kappa shape index (κ2) is 14.1. The Morgan fingerprint density at radius 1 is 0.254 bits per heavy atom. The molecule has 292 valence electrons. The van der Waals surface area contributed by atoms with Crippen molar-refractivity contribution in [3.8, 4) is 56.4 Å². The molecule has 4 heteroatoms. The molecule has 63 heavy (non-hydrogen) atoms. The summed E-state index contributed by atoms with van der Waals surface area (Å²) in [7, 11) is 0. The maximum Gasteiger partial charge on any atom is 0.164 e. The number of para-hydroxylation sites is 1. The highest BCUT2D eigenvalue weighted by Crippen LogP contribution is 2.45. The van der Waals surface area contributed by atoms with Crippen LogP contribution in [0.2, 0.25) is 0 Å². The van der Waals surface area contributed by atoms with E-state index in [4.69, 9.17) is 19.4 Å². The third kappa shape index (κ3) is 5.66. The maximum absolute atomic E-state index is 6.36. The molecule has 0 bridgehead atoms. The Morgan fingerprint density at radius 2 is 0.730 bits per heavy atom. The molecule has 0 radical (unpaired) electrons. The van der Waals surface area contributed by atoms with Gasteiger partial charge in [-0.25, -0.2) is 15.0 Å². The molecule has 0 fully saturated rings. The molecule has 0 atom stereocenters. The number of hydrogen-bond acceptors (Lipinski definition) is 4. The van der Waals surface area contributed by atoms with Gasteiger partial charge in [0, 0.05) is 27.5 Å². The molecule has 0 amide bonds. The highest BCUT2D eigenvalue weighted by molar-refractivity contribution is 6.26. The summed E-state index contributed by atoms with van der Waals surface area (Å²) in [4.78, 5) is 15.5. The summed E-state index contributed by atoms with van der Waals surface area (Å²) in [6, 6.07) is 75.3. The molecule has 13 rings (SSSR count). The Labute approximate surface area is 362 Å². The van der Waals surface area contributed by atoms with Gasteiger partial charge in [-0.3, -0.25) is 0 Å². The molecule has 2 aromatic heterocycles. The Hall–Kier alpha value is -8.47. The molecule has 0 saturated heterocycles. The third-order valence-electron chi connectivity index (χ3n) is 12.7. The first kappa shape index (κ1) is 35.3. The van der Waals surface area contributed by atoms with E-state index in [1.165, 1.54) is 59.8 Å². The van der Waals surface area contributed by atoms with E-state index in [1.807, 2.05) is 24.3 Å². The molecule has 0 N–H and O–H groups in total. The number of furan rings is 1. The lowest BCUT2D eigenvalue weighted by Crippen LogP contribution is -2.00. The van der Waals surface area contributed by atoms with Crippen LogP contribution in [0.4, 0.5) is 0 Å². The van der Waals surface area contributed by atoms with Crippen LogP contribution in [-0.4, -0.2) is 15.0 Å². The van der Waals surface area contributed by atoms with Crippen LogP contribution >= 0.6 is 0 Å². The molecular formula is C59H35N3O. The van der Waals surface area contributed by atoms with Crippen molar-refractivity contribution in [2.24, 2.45) is 0 Å². The van der Waals surface area contributed by atoms with E-state index in [0.29, 0.717) is 17.5 Å². The Morgan fingerprint density at radius 3 is 1.43 bits per heavy atom. The van der Waals surface area contributed by atoms with Gasteiger partial charge in [-0.05, 0) is 106 Å². The molecule has 13 aromatic rings. The first-order valence-corrected chi connectivity index (χ1v) is 21.3. The highest BCUT2D eigenvalue weighted by Gasteiger charge is 2.20. The second-order valence-corrected chi connectivity index (χ2v) is 16.3. The van der Waals surface area contributed by atoms with Gasteiger partial charge >= 0.3 is 0 Å². The smallest absolute Gasteiger partial charge is 0.164 e. The van der Waals surface area contributed by atoms with Crippen LogP contribution < -0.4 is 0 Å². The monoisotopic (exact) mass is 801 g/mol. The fourth-order valence-electron chi connectivity index (χ4n) is 9.79. The minimum absolute atomic E-state index is 0.630. The minimum atomic E-state index is 0.630. The zero-order valence-corrected chi connectivity index (χ0v) is 34.0. The van der Waals surface area contributed by atoms with Crippen LogP contribution in [-0.2, 0) is 0 Å². The average molecular weight is 802 g/mol. The van der Waals surface area contributed by atoms with Gasteiger partial charge in [0.05, 0.1) is 0 Å². The fraction of sp³-hybridized carbons (Fsp3) is 0. The Bertz CT molecular complexity index is 3960. The van der Waals surface area contributed by atoms with E-state index in [-0.39, 0.29) is 0 Å². The zero-order chi connectivity index (χ0) is 41.4. The topological polar surface area (TPSA) is 51.8 Å². The van der Waals surface area contributed by atoms with Crippen LogP contribution in [0.3, 0.4) is 0 Å². The number of nitrogens with zero attached hydrogens (tertiary/aromatic N) is 3. The van der Waals surface area contributed by atoms with E-state index in [9.17, 15) is 0 Å². The summed E-state index contributed by atoms with van der Waals surface area (Å²) in [6.45, 7) is 0.